The van der Waals surface area contributed by atoms with Crippen LogP contribution in [0.3, 0.4) is 0 Å². The number of urea groups is 1. The van der Waals surface area contributed by atoms with Crippen LogP contribution in [0.4, 0.5) is 10.5 Å². The third-order valence-electron chi connectivity index (χ3n) is 6.68. The van der Waals surface area contributed by atoms with Gasteiger partial charge in [-0.25, -0.2) is 13.2 Å². The number of anilines is 1. The number of ether oxygens (including phenoxy) is 1. The highest BCUT2D eigenvalue weighted by Crippen LogP contribution is 2.28. The zero-order chi connectivity index (χ0) is 26.1. The van der Waals surface area contributed by atoms with Gasteiger partial charge in [0.05, 0.1) is 18.1 Å². The Morgan fingerprint density at radius 3 is 2.14 bits per heavy atom. The number of benzene rings is 3. The summed E-state index contributed by atoms with van der Waals surface area (Å²) in [5.41, 5.74) is 2.89. The van der Waals surface area contributed by atoms with Crippen LogP contribution in [0.15, 0.2) is 89.8 Å². The molecule has 0 aromatic heterocycles. The molecule has 4 rings (SSSR count). The molecule has 3 aromatic carbocycles. The molecule has 0 unspecified atom stereocenters. The molecule has 3 aromatic rings. The van der Waals surface area contributed by atoms with Gasteiger partial charge >= 0.3 is 6.03 Å². The minimum atomic E-state index is -3.37. The molecule has 0 atom stereocenters. The average molecular weight is 522 g/mol. The van der Waals surface area contributed by atoms with E-state index >= 15 is 0 Å². The number of nitrogens with one attached hydrogen (secondary N) is 1. The number of sulfone groups is 1. The van der Waals surface area contributed by atoms with E-state index in [4.69, 9.17) is 4.74 Å². The maximum Gasteiger partial charge on any atom is 0.321 e. The lowest BCUT2D eigenvalue weighted by Crippen LogP contribution is -2.44. The molecule has 7 nitrogen and oxygen atoms in total. The Morgan fingerprint density at radius 2 is 1.54 bits per heavy atom. The standard InChI is InChI=1S/C29H35N3O4S/c1-37(34,35)27-14-8-13-26(23-27)30-29(33)32(18-17-31-19-21-36-22-20-31)16-15-28(24-9-4-2-5-10-24)25-11-6-3-7-12-25/h2-14,23,28H,15-22H2,1H3,(H,30,33). The zero-order valence-corrected chi connectivity index (χ0v) is 22.1. The van der Waals surface area contributed by atoms with E-state index in [0.717, 1.165) is 32.3 Å². The largest absolute Gasteiger partial charge is 0.379 e. The van der Waals surface area contributed by atoms with Crippen molar-refractivity contribution < 1.29 is 17.9 Å². The number of amides is 2. The summed E-state index contributed by atoms with van der Waals surface area (Å²) in [5.74, 6) is 0.148. The van der Waals surface area contributed by atoms with Gasteiger partial charge in [-0.2, -0.15) is 0 Å². The molecule has 8 heteroatoms. The monoisotopic (exact) mass is 521 g/mol. The molecule has 1 aliphatic heterocycles. The summed E-state index contributed by atoms with van der Waals surface area (Å²) >= 11 is 0. The Morgan fingerprint density at radius 1 is 0.919 bits per heavy atom. The number of nitrogens with zero attached hydrogens (tertiary/aromatic N) is 2. The van der Waals surface area contributed by atoms with Crippen molar-refractivity contribution in [2.45, 2.75) is 17.2 Å². The summed E-state index contributed by atoms with van der Waals surface area (Å²) in [5, 5.41) is 2.92. The number of carbonyl (C=O) groups is 1. The van der Waals surface area contributed by atoms with Crippen molar-refractivity contribution in [3.63, 3.8) is 0 Å². The van der Waals surface area contributed by atoms with Gasteiger partial charge in [0.2, 0.25) is 0 Å². The summed E-state index contributed by atoms with van der Waals surface area (Å²) in [4.78, 5) is 17.8. The number of rotatable bonds is 10. The summed E-state index contributed by atoms with van der Waals surface area (Å²) in [6, 6.07) is 26.9. The normalized spacial score (nSPS) is 14.4. The lowest BCUT2D eigenvalue weighted by molar-refractivity contribution is 0.0351. The summed E-state index contributed by atoms with van der Waals surface area (Å²) in [6.07, 6.45) is 1.92. The maximum atomic E-state index is 13.5. The predicted molar refractivity (Wildman–Crippen MR) is 147 cm³/mol. The van der Waals surface area contributed by atoms with Gasteiger partial charge < -0.3 is 15.0 Å². The van der Waals surface area contributed by atoms with E-state index < -0.39 is 9.84 Å². The molecule has 1 heterocycles. The Bertz CT molecular complexity index is 1210. The summed E-state index contributed by atoms with van der Waals surface area (Å²) in [6.45, 7) is 4.97. The first-order valence-electron chi connectivity index (χ1n) is 12.7. The topological polar surface area (TPSA) is 79.0 Å². The van der Waals surface area contributed by atoms with Crippen LogP contribution in [-0.4, -0.2) is 76.4 Å². The quantitative estimate of drug-likeness (QED) is 0.426. The molecule has 1 saturated heterocycles. The lowest BCUT2D eigenvalue weighted by atomic mass is 9.88. The van der Waals surface area contributed by atoms with Gasteiger partial charge in [-0.15, -0.1) is 0 Å². The van der Waals surface area contributed by atoms with Crippen LogP contribution in [-0.2, 0) is 14.6 Å². The van der Waals surface area contributed by atoms with Crippen molar-refractivity contribution in [3.8, 4) is 0 Å². The van der Waals surface area contributed by atoms with Gasteiger partial charge in [-0.1, -0.05) is 66.7 Å². The van der Waals surface area contributed by atoms with E-state index in [2.05, 4.69) is 34.5 Å². The Hall–Kier alpha value is -3.20. The molecule has 0 spiro atoms. The van der Waals surface area contributed by atoms with Crippen LogP contribution >= 0.6 is 0 Å². The fourth-order valence-corrected chi connectivity index (χ4v) is 5.26. The van der Waals surface area contributed by atoms with Crippen LogP contribution in [0, 0.1) is 0 Å². The van der Waals surface area contributed by atoms with Crippen molar-refractivity contribution in [2.24, 2.45) is 0 Å². The van der Waals surface area contributed by atoms with Gasteiger partial charge in [0, 0.05) is 50.6 Å². The number of hydrogen-bond donors (Lipinski definition) is 1. The molecule has 37 heavy (non-hydrogen) atoms. The number of carbonyl (C=O) groups excluding carboxylic acids is 1. The summed E-state index contributed by atoms with van der Waals surface area (Å²) in [7, 11) is -3.37. The van der Waals surface area contributed by atoms with Gasteiger partial charge in [-0.05, 0) is 35.7 Å². The first kappa shape index (κ1) is 26.9. The number of morpholine rings is 1. The molecule has 0 bridgehead atoms. The SMILES string of the molecule is CS(=O)(=O)c1cccc(NC(=O)N(CCC(c2ccccc2)c2ccccc2)CCN2CCOCC2)c1. The number of hydrogen-bond acceptors (Lipinski definition) is 5. The molecule has 1 aliphatic rings. The first-order chi connectivity index (χ1) is 17.9. The Labute approximate surface area is 220 Å². The van der Waals surface area contributed by atoms with Crippen LogP contribution < -0.4 is 5.32 Å². The molecule has 2 amide bonds. The van der Waals surface area contributed by atoms with Crippen molar-refractivity contribution in [2.75, 3.05) is 57.5 Å². The molecule has 0 aliphatic carbocycles. The fourth-order valence-electron chi connectivity index (χ4n) is 4.59. The molecule has 0 saturated carbocycles. The highest BCUT2D eigenvalue weighted by molar-refractivity contribution is 7.90. The van der Waals surface area contributed by atoms with E-state index in [0.29, 0.717) is 32.0 Å². The average Bonchev–Trinajstić information content (AvgIpc) is 2.92. The van der Waals surface area contributed by atoms with Crippen LogP contribution in [0.5, 0.6) is 0 Å². The Balaban J connectivity index is 1.51. The van der Waals surface area contributed by atoms with Crippen molar-refractivity contribution in [1.82, 2.24) is 9.80 Å². The van der Waals surface area contributed by atoms with Crippen LogP contribution in [0.1, 0.15) is 23.5 Å². The van der Waals surface area contributed by atoms with Crippen LogP contribution in [0.2, 0.25) is 0 Å². The first-order valence-corrected chi connectivity index (χ1v) is 14.6. The summed E-state index contributed by atoms with van der Waals surface area (Å²) < 4.78 is 29.4. The highest BCUT2D eigenvalue weighted by atomic mass is 32.2. The molecule has 196 valence electrons. The van der Waals surface area contributed by atoms with E-state index in [-0.39, 0.29) is 16.8 Å². The molecule has 1 fully saturated rings. The third kappa shape index (κ3) is 7.89. The van der Waals surface area contributed by atoms with E-state index in [1.54, 1.807) is 12.1 Å². The van der Waals surface area contributed by atoms with Gasteiger partial charge in [-0.3, -0.25) is 4.90 Å². The van der Waals surface area contributed by atoms with Gasteiger partial charge in [0.25, 0.3) is 0 Å². The van der Waals surface area contributed by atoms with E-state index in [9.17, 15) is 13.2 Å². The second-order valence-electron chi connectivity index (χ2n) is 9.33. The van der Waals surface area contributed by atoms with Crippen molar-refractivity contribution in [1.29, 1.82) is 0 Å². The molecular formula is C29H35N3O4S. The van der Waals surface area contributed by atoms with Gasteiger partial charge in [0.1, 0.15) is 0 Å². The fraction of sp³-hybridized carbons (Fsp3) is 0.345. The second-order valence-corrected chi connectivity index (χ2v) is 11.3. The molecular weight excluding hydrogens is 486 g/mol. The smallest absolute Gasteiger partial charge is 0.321 e. The Kier molecular flexibility index (Phi) is 9.33. The van der Waals surface area contributed by atoms with Crippen molar-refractivity contribution >= 4 is 21.6 Å². The maximum absolute atomic E-state index is 13.5. The molecule has 1 N–H and O–H groups in total. The van der Waals surface area contributed by atoms with E-state index in [1.165, 1.54) is 23.3 Å². The third-order valence-corrected chi connectivity index (χ3v) is 7.79. The minimum Gasteiger partial charge on any atom is -0.379 e. The predicted octanol–water partition coefficient (Wildman–Crippen LogP) is 4.48. The van der Waals surface area contributed by atoms with Crippen molar-refractivity contribution in [3.05, 3.63) is 96.1 Å². The second kappa shape index (κ2) is 12.9. The van der Waals surface area contributed by atoms with E-state index in [1.807, 2.05) is 41.3 Å². The highest BCUT2D eigenvalue weighted by Gasteiger charge is 2.21. The lowest BCUT2D eigenvalue weighted by Gasteiger charge is -2.31. The van der Waals surface area contributed by atoms with Gasteiger partial charge in [0.15, 0.2) is 9.84 Å². The van der Waals surface area contributed by atoms with Crippen LogP contribution in [0.25, 0.3) is 0 Å². The zero-order valence-electron chi connectivity index (χ0n) is 21.3. The molecule has 0 radical (unpaired) electrons. The minimum absolute atomic E-state index is 0.148.